The van der Waals surface area contributed by atoms with Crippen LogP contribution in [0.1, 0.15) is 11.1 Å². The molecule has 1 heterocycles. The standard InChI is InChI=1S/C17H15N/c1-12-7-8-13(2)16(11-12)17-15-6-4-3-5-14(15)9-10-18-17/h3-11H,1-2H3. The van der Waals surface area contributed by atoms with Crippen molar-refractivity contribution in [3.8, 4) is 11.3 Å². The summed E-state index contributed by atoms with van der Waals surface area (Å²) in [6.45, 7) is 4.26. The molecule has 2 aromatic carbocycles. The van der Waals surface area contributed by atoms with Gasteiger partial charge in [-0.15, -0.1) is 0 Å². The maximum atomic E-state index is 4.58. The first kappa shape index (κ1) is 11.0. The zero-order valence-corrected chi connectivity index (χ0v) is 10.6. The molecule has 18 heavy (non-hydrogen) atoms. The van der Waals surface area contributed by atoms with Crippen molar-refractivity contribution < 1.29 is 0 Å². The minimum atomic E-state index is 1.08. The average Bonchev–Trinajstić information content (AvgIpc) is 2.41. The zero-order chi connectivity index (χ0) is 12.5. The van der Waals surface area contributed by atoms with E-state index >= 15 is 0 Å². The third kappa shape index (κ3) is 1.78. The van der Waals surface area contributed by atoms with Gasteiger partial charge in [0.2, 0.25) is 0 Å². The predicted molar refractivity (Wildman–Crippen MR) is 76.7 cm³/mol. The number of nitrogens with zero attached hydrogens (tertiary/aromatic N) is 1. The average molecular weight is 233 g/mol. The molecule has 0 saturated heterocycles. The molecule has 1 nitrogen and oxygen atoms in total. The Morgan fingerprint density at radius 3 is 2.61 bits per heavy atom. The first-order valence-electron chi connectivity index (χ1n) is 6.17. The van der Waals surface area contributed by atoms with Gasteiger partial charge in [0.25, 0.3) is 0 Å². The monoisotopic (exact) mass is 233 g/mol. The van der Waals surface area contributed by atoms with Crippen LogP contribution in [0.2, 0.25) is 0 Å². The fourth-order valence-corrected chi connectivity index (χ4v) is 2.33. The molecule has 0 N–H and O–H groups in total. The molecule has 1 heteroatoms. The van der Waals surface area contributed by atoms with Crippen LogP contribution in [0.15, 0.2) is 54.7 Å². The number of fused-ring (bicyclic) bond motifs is 1. The van der Waals surface area contributed by atoms with Crippen LogP contribution in [-0.2, 0) is 0 Å². The highest BCUT2D eigenvalue weighted by atomic mass is 14.7. The smallest absolute Gasteiger partial charge is 0.0783 e. The van der Waals surface area contributed by atoms with E-state index in [-0.39, 0.29) is 0 Å². The molecule has 0 aliphatic heterocycles. The molecule has 1 aromatic heterocycles. The molecule has 0 aliphatic rings. The Labute approximate surface area is 107 Å². The Kier molecular flexibility index (Phi) is 2.60. The van der Waals surface area contributed by atoms with Crippen LogP contribution in [0.4, 0.5) is 0 Å². The van der Waals surface area contributed by atoms with Crippen molar-refractivity contribution >= 4 is 10.8 Å². The summed E-state index contributed by atoms with van der Waals surface area (Å²) < 4.78 is 0. The van der Waals surface area contributed by atoms with Crippen LogP contribution < -0.4 is 0 Å². The molecule has 0 spiro atoms. The molecule has 3 rings (SSSR count). The Hall–Kier alpha value is -2.15. The number of benzene rings is 2. The quantitative estimate of drug-likeness (QED) is 0.602. The van der Waals surface area contributed by atoms with Crippen LogP contribution in [-0.4, -0.2) is 4.98 Å². The van der Waals surface area contributed by atoms with E-state index in [9.17, 15) is 0 Å². The maximum Gasteiger partial charge on any atom is 0.0783 e. The molecule has 0 amide bonds. The molecule has 0 aliphatic carbocycles. The van der Waals surface area contributed by atoms with Gasteiger partial charge in [-0.1, -0.05) is 42.0 Å². The van der Waals surface area contributed by atoms with Gasteiger partial charge in [0, 0.05) is 17.1 Å². The number of rotatable bonds is 1. The highest BCUT2D eigenvalue weighted by Crippen LogP contribution is 2.29. The van der Waals surface area contributed by atoms with Crippen molar-refractivity contribution in [2.24, 2.45) is 0 Å². The Morgan fingerprint density at radius 2 is 1.72 bits per heavy atom. The number of hydrogen-bond acceptors (Lipinski definition) is 1. The number of hydrogen-bond donors (Lipinski definition) is 0. The van der Waals surface area contributed by atoms with E-state index in [1.54, 1.807) is 0 Å². The van der Waals surface area contributed by atoms with E-state index in [2.05, 4.69) is 67.4 Å². The third-order valence-electron chi connectivity index (χ3n) is 3.32. The first-order valence-corrected chi connectivity index (χ1v) is 6.17. The SMILES string of the molecule is Cc1ccc(C)c(-c2nccc3ccccc23)c1. The molecular formula is C17H15N. The fourth-order valence-electron chi connectivity index (χ4n) is 2.33. The minimum Gasteiger partial charge on any atom is -0.256 e. The summed E-state index contributed by atoms with van der Waals surface area (Å²) in [5.41, 5.74) is 4.84. The summed E-state index contributed by atoms with van der Waals surface area (Å²) in [5.74, 6) is 0. The lowest BCUT2D eigenvalue weighted by atomic mass is 9.98. The number of aryl methyl sites for hydroxylation is 2. The first-order chi connectivity index (χ1) is 8.75. The number of pyridine rings is 1. The van der Waals surface area contributed by atoms with Crippen LogP contribution in [0.5, 0.6) is 0 Å². The minimum absolute atomic E-state index is 1.08. The van der Waals surface area contributed by atoms with E-state index in [0.717, 1.165) is 5.69 Å². The van der Waals surface area contributed by atoms with Crippen LogP contribution in [0.25, 0.3) is 22.0 Å². The topological polar surface area (TPSA) is 12.9 Å². The third-order valence-corrected chi connectivity index (χ3v) is 3.32. The lowest BCUT2D eigenvalue weighted by Crippen LogP contribution is -1.89. The molecule has 0 atom stereocenters. The van der Waals surface area contributed by atoms with Crippen molar-refractivity contribution in [2.75, 3.05) is 0 Å². The summed E-state index contributed by atoms with van der Waals surface area (Å²) in [6.07, 6.45) is 1.89. The van der Waals surface area contributed by atoms with Gasteiger partial charge in [0.1, 0.15) is 0 Å². The molecular weight excluding hydrogens is 218 g/mol. The zero-order valence-electron chi connectivity index (χ0n) is 10.6. The summed E-state index contributed by atoms with van der Waals surface area (Å²) in [7, 11) is 0. The van der Waals surface area contributed by atoms with Gasteiger partial charge < -0.3 is 0 Å². The van der Waals surface area contributed by atoms with Gasteiger partial charge in [-0.25, -0.2) is 0 Å². The molecule has 0 fully saturated rings. The summed E-state index contributed by atoms with van der Waals surface area (Å²) in [5, 5.41) is 2.46. The van der Waals surface area contributed by atoms with Gasteiger partial charge in [0.05, 0.1) is 5.69 Å². The number of aromatic nitrogens is 1. The van der Waals surface area contributed by atoms with Gasteiger partial charge in [-0.2, -0.15) is 0 Å². The molecule has 0 saturated carbocycles. The van der Waals surface area contributed by atoms with E-state index in [1.807, 2.05) is 6.20 Å². The lowest BCUT2D eigenvalue weighted by Gasteiger charge is -2.09. The van der Waals surface area contributed by atoms with Crippen LogP contribution >= 0.6 is 0 Å². The second-order valence-corrected chi connectivity index (χ2v) is 4.70. The fraction of sp³-hybridized carbons (Fsp3) is 0.118. The maximum absolute atomic E-state index is 4.58. The van der Waals surface area contributed by atoms with Gasteiger partial charge >= 0.3 is 0 Å². The largest absolute Gasteiger partial charge is 0.256 e. The van der Waals surface area contributed by atoms with Crippen LogP contribution in [0.3, 0.4) is 0 Å². The lowest BCUT2D eigenvalue weighted by molar-refractivity contribution is 1.32. The predicted octanol–water partition coefficient (Wildman–Crippen LogP) is 4.52. The highest BCUT2D eigenvalue weighted by molar-refractivity contribution is 5.95. The Morgan fingerprint density at radius 1 is 0.889 bits per heavy atom. The molecule has 0 radical (unpaired) electrons. The van der Waals surface area contributed by atoms with Crippen LogP contribution in [0, 0.1) is 13.8 Å². The van der Waals surface area contributed by atoms with Crippen molar-refractivity contribution in [3.05, 3.63) is 65.9 Å². The molecule has 0 bridgehead atoms. The van der Waals surface area contributed by atoms with Gasteiger partial charge in [-0.3, -0.25) is 4.98 Å². The summed E-state index contributed by atoms with van der Waals surface area (Å²) >= 11 is 0. The Balaban J connectivity index is 2.35. The highest BCUT2D eigenvalue weighted by Gasteiger charge is 2.07. The molecule has 0 unspecified atom stereocenters. The van der Waals surface area contributed by atoms with Crippen molar-refractivity contribution in [1.82, 2.24) is 4.98 Å². The van der Waals surface area contributed by atoms with E-state index in [4.69, 9.17) is 0 Å². The second kappa shape index (κ2) is 4.26. The normalized spacial score (nSPS) is 10.8. The summed E-state index contributed by atoms with van der Waals surface area (Å²) in [4.78, 5) is 4.58. The molecule has 88 valence electrons. The van der Waals surface area contributed by atoms with Gasteiger partial charge in [0.15, 0.2) is 0 Å². The van der Waals surface area contributed by atoms with E-state index in [0.29, 0.717) is 0 Å². The van der Waals surface area contributed by atoms with Crippen molar-refractivity contribution in [1.29, 1.82) is 0 Å². The second-order valence-electron chi connectivity index (χ2n) is 4.70. The van der Waals surface area contributed by atoms with Crippen molar-refractivity contribution in [2.45, 2.75) is 13.8 Å². The van der Waals surface area contributed by atoms with Gasteiger partial charge in [-0.05, 0) is 36.9 Å². The van der Waals surface area contributed by atoms with Crippen molar-refractivity contribution in [3.63, 3.8) is 0 Å². The van der Waals surface area contributed by atoms with E-state index in [1.165, 1.54) is 27.5 Å². The molecule has 3 aromatic rings. The summed E-state index contributed by atoms with van der Waals surface area (Å²) in [6, 6.07) is 17.0. The Bertz CT molecular complexity index is 708. The van der Waals surface area contributed by atoms with E-state index < -0.39 is 0 Å².